The summed E-state index contributed by atoms with van der Waals surface area (Å²) in [4.78, 5) is 16.0. The number of hydrogen-bond donors (Lipinski definition) is 0. The summed E-state index contributed by atoms with van der Waals surface area (Å²) in [5.41, 5.74) is 14.1. The maximum atomic E-state index is 5.44. The van der Waals surface area contributed by atoms with E-state index in [1.807, 2.05) is 24.3 Å². The zero-order valence-electron chi connectivity index (χ0n) is 33.6. The molecular weight excluding hydrogens is 755 g/mol. The SMILES string of the molecule is c1ccc(-c2ccc(-c3cccc(-n4c5ccccc5c5ccc6c7ccccc7n(-c7nc(-c8ccccc8)nc(-c8ccccc8-c8ccccc8)n7)c6c54)c3)cc2)cc1. The molecule has 0 bridgehead atoms. The van der Waals surface area contributed by atoms with E-state index in [-0.39, 0.29) is 0 Å². The van der Waals surface area contributed by atoms with Crippen LogP contribution in [0, 0.1) is 0 Å². The van der Waals surface area contributed by atoms with Crippen LogP contribution in [-0.4, -0.2) is 24.1 Å². The summed E-state index contributed by atoms with van der Waals surface area (Å²) in [6.07, 6.45) is 0. The van der Waals surface area contributed by atoms with Crippen molar-refractivity contribution in [1.29, 1.82) is 0 Å². The number of para-hydroxylation sites is 2. The molecule has 0 N–H and O–H groups in total. The Kier molecular flexibility index (Phi) is 8.42. The standard InChI is InChI=1S/C57H37N5/c1-4-17-38(18-5-1)39-31-33-40(34-32-39)43-23-16-24-44(37-43)61-51-29-14-12-26-46(51)48-35-36-49-47-27-13-15-30-52(47)62(54(49)53(48)61)57-59-55(42-21-8-3-9-22-42)58-56(60-57)50-28-11-10-25-45(50)41-19-6-2-7-20-41/h1-37H. The predicted molar refractivity (Wildman–Crippen MR) is 256 cm³/mol. The van der Waals surface area contributed by atoms with E-state index in [0.717, 1.165) is 77.3 Å². The first-order valence-electron chi connectivity index (χ1n) is 21.0. The monoisotopic (exact) mass is 791 g/mol. The highest BCUT2D eigenvalue weighted by Gasteiger charge is 2.24. The van der Waals surface area contributed by atoms with Crippen LogP contribution in [0.5, 0.6) is 0 Å². The van der Waals surface area contributed by atoms with E-state index >= 15 is 0 Å². The second-order valence-electron chi connectivity index (χ2n) is 15.6. The summed E-state index contributed by atoms with van der Waals surface area (Å²) in [5, 5.41) is 4.58. The summed E-state index contributed by atoms with van der Waals surface area (Å²) in [5.74, 6) is 1.77. The van der Waals surface area contributed by atoms with Crippen molar-refractivity contribution in [1.82, 2.24) is 24.1 Å². The zero-order chi connectivity index (χ0) is 41.0. The van der Waals surface area contributed by atoms with Crippen molar-refractivity contribution in [2.75, 3.05) is 0 Å². The van der Waals surface area contributed by atoms with Gasteiger partial charge in [-0.15, -0.1) is 0 Å². The molecule has 0 saturated carbocycles. The summed E-state index contributed by atoms with van der Waals surface area (Å²) in [6.45, 7) is 0. The Morgan fingerprint density at radius 3 is 1.40 bits per heavy atom. The fourth-order valence-electron chi connectivity index (χ4n) is 9.14. The minimum Gasteiger partial charge on any atom is -0.307 e. The Bertz CT molecular complexity index is 3610. The molecule has 5 nitrogen and oxygen atoms in total. The third-order valence-corrected chi connectivity index (χ3v) is 12.0. The van der Waals surface area contributed by atoms with Gasteiger partial charge in [-0.3, -0.25) is 4.57 Å². The van der Waals surface area contributed by atoms with Crippen molar-refractivity contribution in [2.24, 2.45) is 0 Å². The van der Waals surface area contributed by atoms with Crippen LogP contribution >= 0.6 is 0 Å². The largest absolute Gasteiger partial charge is 0.307 e. The van der Waals surface area contributed by atoms with Crippen LogP contribution in [0.15, 0.2) is 224 Å². The van der Waals surface area contributed by atoms with Crippen LogP contribution in [0.25, 0.3) is 111 Å². The highest BCUT2D eigenvalue weighted by Crippen LogP contribution is 2.42. The molecule has 0 aliphatic rings. The third-order valence-electron chi connectivity index (χ3n) is 12.0. The van der Waals surface area contributed by atoms with Gasteiger partial charge in [0, 0.05) is 38.4 Å². The molecule has 5 heteroatoms. The van der Waals surface area contributed by atoms with Gasteiger partial charge in [0.05, 0.1) is 22.1 Å². The number of rotatable bonds is 7. The van der Waals surface area contributed by atoms with E-state index < -0.39 is 0 Å². The van der Waals surface area contributed by atoms with Gasteiger partial charge < -0.3 is 4.57 Å². The molecule has 0 aliphatic heterocycles. The molecule has 0 atom stereocenters. The van der Waals surface area contributed by atoms with E-state index in [2.05, 4.69) is 209 Å². The molecule has 12 aromatic rings. The second-order valence-corrected chi connectivity index (χ2v) is 15.6. The van der Waals surface area contributed by atoms with Gasteiger partial charge in [-0.05, 0) is 57.6 Å². The number of aromatic nitrogens is 5. The lowest BCUT2D eigenvalue weighted by molar-refractivity contribution is 0.953. The molecule has 0 spiro atoms. The summed E-state index contributed by atoms with van der Waals surface area (Å²) >= 11 is 0. The average molecular weight is 792 g/mol. The van der Waals surface area contributed by atoms with E-state index in [4.69, 9.17) is 15.0 Å². The summed E-state index contributed by atoms with van der Waals surface area (Å²) < 4.78 is 4.69. The van der Waals surface area contributed by atoms with Gasteiger partial charge in [0.25, 0.3) is 0 Å². The first-order valence-corrected chi connectivity index (χ1v) is 21.0. The lowest BCUT2D eigenvalue weighted by Crippen LogP contribution is -2.07. The maximum Gasteiger partial charge on any atom is 0.238 e. The van der Waals surface area contributed by atoms with E-state index in [9.17, 15) is 0 Å². The zero-order valence-corrected chi connectivity index (χ0v) is 33.6. The van der Waals surface area contributed by atoms with Gasteiger partial charge in [-0.2, -0.15) is 9.97 Å². The van der Waals surface area contributed by atoms with Crippen LogP contribution in [0.4, 0.5) is 0 Å². The average Bonchev–Trinajstić information content (AvgIpc) is 3.88. The van der Waals surface area contributed by atoms with E-state index in [0.29, 0.717) is 17.6 Å². The number of nitrogens with zero attached hydrogens (tertiary/aromatic N) is 5. The first-order chi connectivity index (χ1) is 30.8. The number of benzene rings is 9. The highest BCUT2D eigenvalue weighted by atomic mass is 15.2. The Balaban J connectivity index is 1.14. The van der Waals surface area contributed by atoms with Crippen molar-refractivity contribution in [3.8, 4) is 67.8 Å². The van der Waals surface area contributed by atoms with Crippen LogP contribution in [0.2, 0.25) is 0 Å². The third kappa shape index (κ3) is 5.90. The second kappa shape index (κ2) is 14.7. The van der Waals surface area contributed by atoms with Crippen molar-refractivity contribution >= 4 is 43.6 Å². The van der Waals surface area contributed by atoms with Gasteiger partial charge in [0.1, 0.15) is 0 Å². The first kappa shape index (κ1) is 35.5. The number of hydrogen-bond acceptors (Lipinski definition) is 3. The summed E-state index contributed by atoms with van der Waals surface area (Å²) in [6, 6.07) is 79.2. The van der Waals surface area contributed by atoms with E-state index in [1.165, 1.54) is 16.5 Å². The molecule has 0 radical (unpaired) electrons. The van der Waals surface area contributed by atoms with Crippen LogP contribution in [0.3, 0.4) is 0 Å². The minimum absolute atomic E-state index is 0.555. The summed E-state index contributed by atoms with van der Waals surface area (Å²) in [7, 11) is 0. The lowest BCUT2D eigenvalue weighted by atomic mass is 9.99. The van der Waals surface area contributed by atoms with Crippen LogP contribution in [-0.2, 0) is 0 Å². The topological polar surface area (TPSA) is 48.5 Å². The van der Waals surface area contributed by atoms with Crippen LogP contribution < -0.4 is 0 Å². The molecule has 3 aromatic heterocycles. The Hall–Kier alpha value is -8.41. The molecule has 0 saturated heterocycles. The molecule has 9 aromatic carbocycles. The van der Waals surface area contributed by atoms with Crippen LogP contribution in [0.1, 0.15) is 0 Å². The molecule has 290 valence electrons. The molecule has 62 heavy (non-hydrogen) atoms. The van der Waals surface area contributed by atoms with Gasteiger partial charge in [-0.25, -0.2) is 4.98 Å². The normalized spacial score (nSPS) is 11.5. The fourth-order valence-corrected chi connectivity index (χ4v) is 9.14. The minimum atomic E-state index is 0.555. The molecule has 0 unspecified atom stereocenters. The molecule has 12 rings (SSSR count). The van der Waals surface area contributed by atoms with Crippen molar-refractivity contribution in [2.45, 2.75) is 0 Å². The van der Waals surface area contributed by atoms with Crippen molar-refractivity contribution in [3.63, 3.8) is 0 Å². The molecular formula is C57H37N5. The van der Waals surface area contributed by atoms with Crippen molar-refractivity contribution in [3.05, 3.63) is 224 Å². The highest BCUT2D eigenvalue weighted by molar-refractivity contribution is 6.23. The van der Waals surface area contributed by atoms with Gasteiger partial charge in [-0.1, -0.05) is 200 Å². The predicted octanol–water partition coefficient (Wildman–Crippen LogP) is 14.4. The Morgan fingerprint density at radius 1 is 0.274 bits per heavy atom. The maximum absolute atomic E-state index is 5.44. The molecule has 0 fully saturated rings. The quantitative estimate of drug-likeness (QED) is 0.162. The Morgan fingerprint density at radius 2 is 0.742 bits per heavy atom. The van der Waals surface area contributed by atoms with Gasteiger partial charge in [0.15, 0.2) is 11.6 Å². The molecule has 0 amide bonds. The molecule has 0 aliphatic carbocycles. The number of fused-ring (bicyclic) bond motifs is 7. The van der Waals surface area contributed by atoms with Gasteiger partial charge >= 0.3 is 0 Å². The smallest absolute Gasteiger partial charge is 0.238 e. The lowest BCUT2D eigenvalue weighted by Gasteiger charge is -2.15. The fraction of sp³-hybridized carbons (Fsp3) is 0. The molecule has 3 heterocycles. The van der Waals surface area contributed by atoms with Crippen molar-refractivity contribution < 1.29 is 0 Å². The van der Waals surface area contributed by atoms with E-state index in [1.54, 1.807) is 0 Å². The van der Waals surface area contributed by atoms with Gasteiger partial charge in [0.2, 0.25) is 5.95 Å². The Labute approximate surface area is 358 Å².